The van der Waals surface area contributed by atoms with Crippen LogP contribution in [0.15, 0.2) is 24.3 Å². The molecule has 5 nitrogen and oxygen atoms in total. The second-order valence-electron chi connectivity index (χ2n) is 5.63. The SMILES string of the molecule is CC[NH+]1CC[NH+](CCC(=O)Nc2ccc(OC)cc2)CC1. The molecule has 0 aromatic heterocycles. The number of hydrogen-bond acceptors (Lipinski definition) is 2. The smallest absolute Gasteiger partial charge is 0.230 e. The van der Waals surface area contributed by atoms with Crippen LogP contribution in [0.5, 0.6) is 5.75 Å². The van der Waals surface area contributed by atoms with E-state index >= 15 is 0 Å². The Labute approximate surface area is 126 Å². The topological polar surface area (TPSA) is 47.2 Å². The maximum absolute atomic E-state index is 12.0. The van der Waals surface area contributed by atoms with Crippen LogP contribution in [0, 0.1) is 0 Å². The van der Waals surface area contributed by atoms with Gasteiger partial charge in [-0.1, -0.05) is 0 Å². The Hall–Kier alpha value is -1.59. The predicted octanol–water partition coefficient (Wildman–Crippen LogP) is -1.17. The second kappa shape index (κ2) is 8.00. The van der Waals surface area contributed by atoms with Gasteiger partial charge in [-0.2, -0.15) is 0 Å². The van der Waals surface area contributed by atoms with E-state index in [4.69, 9.17) is 4.74 Å². The van der Waals surface area contributed by atoms with E-state index in [1.165, 1.54) is 32.7 Å². The van der Waals surface area contributed by atoms with Crippen molar-refractivity contribution in [2.75, 3.05) is 51.7 Å². The van der Waals surface area contributed by atoms with Gasteiger partial charge in [0.25, 0.3) is 0 Å². The fraction of sp³-hybridized carbons (Fsp3) is 0.562. The van der Waals surface area contributed by atoms with Crippen molar-refractivity contribution in [3.63, 3.8) is 0 Å². The molecule has 1 aromatic rings. The maximum atomic E-state index is 12.0. The van der Waals surface area contributed by atoms with Crippen molar-refractivity contribution >= 4 is 11.6 Å². The number of amides is 1. The Morgan fingerprint density at radius 2 is 1.76 bits per heavy atom. The molecule has 21 heavy (non-hydrogen) atoms. The molecule has 0 bridgehead atoms. The lowest BCUT2D eigenvalue weighted by molar-refractivity contribution is -1.01. The van der Waals surface area contributed by atoms with E-state index in [-0.39, 0.29) is 5.91 Å². The van der Waals surface area contributed by atoms with Crippen molar-refractivity contribution in [1.82, 2.24) is 0 Å². The molecule has 1 heterocycles. The molecular weight excluding hydrogens is 266 g/mol. The Balaban J connectivity index is 1.69. The van der Waals surface area contributed by atoms with Crippen LogP contribution < -0.4 is 19.9 Å². The lowest BCUT2D eigenvalue weighted by Crippen LogP contribution is -3.28. The highest BCUT2D eigenvalue weighted by atomic mass is 16.5. The number of rotatable bonds is 6. The number of carbonyl (C=O) groups is 1. The highest BCUT2D eigenvalue weighted by Gasteiger charge is 2.21. The van der Waals surface area contributed by atoms with Gasteiger partial charge < -0.3 is 19.9 Å². The number of methoxy groups -OCH3 is 1. The molecule has 2 rings (SSSR count). The van der Waals surface area contributed by atoms with Crippen LogP contribution >= 0.6 is 0 Å². The molecule has 3 N–H and O–H groups in total. The van der Waals surface area contributed by atoms with Crippen LogP contribution in [0.4, 0.5) is 5.69 Å². The van der Waals surface area contributed by atoms with Gasteiger partial charge in [-0.15, -0.1) is 0 Å². The average molecular weight is 293 g/mol. The molecule has 1 aliphatic rings. The van der Waals surface area contributed by atoms with Crippen molar-refractivity contribution in [2.45, 2.75) is 13.3 Å². The van der Waals surface area contributed by atoms with E-state index in [1.54, 1.807) is 16.9 Å². The number of ether oxygens (including phenoxy) is 1. The first-order valence-electron chi connectivity index (χ1n) is 7.82. The molecule has 1 aromatic carbocycles. The summed E-state index contributed by atoms with van der Waals surface area (Å²) in [6.45, 7) is 9.20. The monoisotopic (exact) mass is 293 g/mol. The number of benzene rings is 1. The van der Waals surface area contributed by atoms with Crippen molar-refractivity contribution in [3.8, 4) is 5.75 Å². The van der Waals surface area contributed by atoms with Gasteiger partial charge in [-0.05, 0) is 31.2 Å². The second-order valence-corrected chi connectivity index (χ2v) is 5.63. The van der Waals surface area contributed by atoms with Gasteiger partial charge in [-0.3, -0.25) is 4.79 Å². The third-order valence-electron chi connectivity index (χ3n) is 4.24. The van der Waals surface area contributed by atoms with Gasteiger partial charge in [0.1, 0.15) is 31.9 Å². The first-order valence-corrected chi connectivity index (χ1v) is 7.82. The van der Waals surface area contributed by atoms with E-state index in [2.05, 4.69) is 12.2 Å². The molecule has 1 aliphatic heterocycles. The highest BCUT2D eigenvalue weighted by molar-refractivity contribution is 5.90. The number of quaternary nitrogens is 2. The minimum atomic E-state index is 0.0953. The maximum Gasteiger partial charge on any atom is 0.230 e. The van der Waals surface area contributed by atoms with Gasteiger partial charge in [-0.25, -0.2) is 0 Å². The van der Waals surface area contributed by atoms with Crippen molar-refractivity contribution < 1.29 is 19.3 Å². The summed E-state index contributed by atoms with van der Waals surface area (Å²) in [6, 6.07) is 7.45. The molecule has 1 amide bonds. The van der Waals surface area contributed by atoms with Gasteiger partial charge in [0, 0.05) is 5.69 Å². The predicted molar refractivity (Wildman–Crippen MR) is 83.0 cm³/mol. The molecule has 116 valence electrons. The summed E-state index contributed by atoms with van der Waals surface area (Å²) in [4.78, 5) is 15.2. The van der Waals surface area contributed by atoms with Crippen LogP contribution in [0.1, 0.15) is 13.3 Å². The molecule has 0 unspecified atom stereocenters. The van der Waals surface area contributed by atoms with Gasteiger partial charge in [0.15, 0.2) is 0 Å². The third-order valence-corrected chi connectivity index (χ3v) is 4.24. The van der Waals surface area contributed by atoms with Crippen LogP contribution in [0.2, 0.25) is 0 Å². The zero-order chi connectivity index (χ0) is 15.1. The van der Waals surface area contributed by atoms with Crippen molar-refractivity contribution in [1.29, 1.82) is 0 Å². The van der Waals surface area contributed by atoms with Crippen LogP contribution in [-0.4, -0.2) is 52.3 Å². The number of anilines is 1. The number of nitrogens with one attached hydrogen (secondary N) is 3. The lowest BCUT2D eigenvalue weighted by Gasteiger charge is -2.28. The minimum absolute atomic E-state index is 0.0953. The molecular formula is C16H27N3O2+2. The molecule has 0 radical (unpaired) electrons. The summed E-state index contributed by atoms with van der Waals surface area (Å²) < 4.78 is 5.10. The summed E-state index contributed by atoms with van der Waals surface area (Å²) in [6.07, 6.45) is 0.586. The van der Waals surface area contributed by atoms with E-state index in [0.717, 1.165) is 18.0 Å². The zero-order valence-electron chi connectivity index (χ0n) is 13.1. The normalized spacial score (nSPS) is 21.8. The standard InChI is InChI=1S/C16H25N3O2/c1-3-18-10-12-19(13-11-18)9-8-16(20)17-14-4-6-15(21-2)7-5-14/h4-7H,3,8-13H2,1-2H3,(H,17,20)/p+2. The Bertz CT molecular complexity index is 439. The largest absolute Gasteiger partial charge is 0.497 e. The Kier molecular flexibility index (Phi) is 6.02. The summed E-state index contributed by atoms with van der Waals surface area (Å²) >= 11 is 0. The number of piperazine rings is 1. The molecule has 0 aliphatic carbocycles. The fourth-order valence-corrected chi connectivity index (χ4v) is 2.75. The molecule has 5 heteroatoms. The van der Waals surface area contributed by atoms with Gasteiger partial charge in [0.2, 0.25) is 5.91 Å². The third kappa shape index (κ3) is 5.02. The summed E-state index contributed by atoms with van der Waals surface area (Å²) in [5.41, 5.74) is 0.830. The summed E-state index contributed by atoms with van der Waals surface area (Å²) in [5, 5.41) is 2.94. The molecule has 0 saturated carbocycles. The fourth-order valence-electron chi connectivity index (χ4n) is 2.75. The molecule has 1 saturated heterocycles. The summed E-state index contributed by atoms with van der Waals surface area (Å²) in [7, 11) is 1.64. The summed E-state index contributed by atoms with van der Waals surface area (Å²) in [5.74, 6) is 0.895. The van der Waals surface area contributed by atoms with Crippen molar-refractivity contribution in [3.05, 3.63) is 24.3 Å². The van der Waals surface area contributed by atoms with Gasteiger partial charge >= 0.3 is 0 Å². The zero-order valence-corrected chi connectivity index (χ0v) is 13.1. The van der Waals surface area contributed by atoms with E-state index < -0.39 is 0 Å². The van der Waals surface area contributed by atoms with Crippen molar-refractivity contribution in [2.24, 2.45) is 0 Å². The van der Waals surface area contributed by atoms with Crippen LogP contribution in [-0.2, 0) is 4.79 Å². The Morgan fingerprint density at radius 3 is 2.33 bits per heavy atom. The number of hydrogen-bond donors (Lipinski definition) is 3. The van der Waals surface area contributed by atoms with E-state index in [0.29, 0.717) is 6.42 Å². The quantitative estimate of drug-likeness (QED) is 0.619. The molecule has 0 spiro atoms. The van der Waals surface area contributed by atoms with Crippen LogP contribution in [0.25, 0.3) is 0 Å². The highest BCUT2D eigenvalue weighted by Crippen LogP contribution is 2.14. The van der Waals surface area contributed by atoms with Crippen LogP contribution in [0.3, 0.4) is 0 Å². The molecule has 1 fully saturated rings. The van der Waals surface area contributed by atoms with E-state index in [1.807, 2.05) is 24.3 Å². The number of likely N-dealkylation sites (N-methyl/N-ethyl adjacent to an activating group) is 1. The molecule has 0 atom stereocenters. The number of carbonyl (C=O) groups excluding carboxylic acids is 1. The minimum Gasteiger partial charge on any atom is -0.497 e. The first-order chi connectivity index (χ1) is 10.2. The first kappa shape index (κ1) is 15.8. The average Bonchev–Trinajstić information content (AvgIpc) is 2.54. The van der Waals surface area contributed by atoms with Gasteiger partial charge in [0.05, 0.1) is 26.6 Å². The van der Waals surface area contributed by atoms with E-state index in [9.17, 15) is 4.79 Å². The Morgan fingerprint density at radius 1 is 1.14 bits per heavy atom. The lowest BCUT2D eigenvalue weighted by atomic mass is 10.2.